The Morgan fingerprint density at radius 2 is 1.94 bits per heavy atom. The van der Waals surface area contributed by atoms with Crippen molar-refractivity contribution in [2.24, 2.45) is 5.73 Å². The molecular formula is C13H13N3S. The molecule has 0 aliphatic heterocycles. The molecule has 1 heterocycles. The molecule has 2 aromatic rings. The Balaban J connectivity index is 2.44. The lowest BCUT2D eigenvalue weighted by atomic mass is 10.2. The number of hydrogen-bond donors (Lipinski definition) is 1. The minimum absolute atomic E-state index is 0.380. The molecule has 4 heteroatoms. The van der Waals surface area contributed by atoms with Crippen molar-refractivity contribution in [3.8, 4) is 0 Å². The Morgan fingerprint density at radius 3 is 2.59 bits per heavy atom. The molecule has 1 aromatic heterocycles. The Labute approximate surface area is 106 Å². The molecule has 1 aromatic carbocycles. The number of aromatic nitrogens is 1. The van der Waals surface area contributed by atoms with Crippen molar-refractivity contribution in [1.82, 2.24) is 4.98 Å². The second-order valence-electron chi connectivity index (χ2n) is 3.65. The van der Waals surface area contributed by atoms with Crippen LogP contribution in [-0.2, 0) is 0 Å². The average Bonchev–Trinajstić information content (AvgIpc) is 2.39. The maximum atomic E-state index is 5.71. The highest BCUT2D eigenvalue weighted by atomic mass is 32.1. The first-order valence-corrected chi connectivity index (χ1v) is 5.63. The van der Waals surface area contributed by atoms with Gasteiger partial charge in [0, 0.05) is 24.5 Å². The van der Waals surface area contributed by atoms with Gasteiger partial charge in [-0.15, -0.1) is 0 Å². The van der Waals surface area contributed by atoms with E-state index in [9.17, 15) is 0 Å². The van der Waals surface area contributed by atoms with Crippen molar-refractivity contribution < 1.29 is 0 Å². The SMILES string of the molecule is CN(c1ccccc1)c1cnccc1C(N)=S. The highest BCUT2D eigenvalue weighted by Gasteiger charge is 2.10. The van der Waals surface area contributed by atoms with E-state index in [1.165, 1.54) is 0 Å². The molecule has 0 fully saturated rings. The fourth-order valence-corrected chi connectivity index (χ4v) is 1.83. The topological polar surface area (TPSA) is 42.2 Å². The molecule has 0 atom stereocenters. The van der Waals surface area contributed by atoms with Gasteiger partial charge in [-0.25, -0.2) is 0 Å². The van der Waals surface area contributed by atoms with Crippen LogP contribution in [0.25, 0.3) is 0 Å². The zero-order valence-corrected chi connectivity index (χ0v) is 10.3. The number of nitrogens with zero attached hydrogens (tertiary/aromatic N) is 2. The summed E-state index contributed by atoms with van der Waals surface area (Å²) in [4.78, 5) is 6.51. The van der Waals surface area contributed by atoms with E-state index in [4.69, 9.17) is 18.0 Å². The summed E-state index contributed by atoms with van der Waals surface area (Å²) in [6.07, 6.45) is 3.46. The fourth-order valence-electron chi connectivity index (χ4n) is 1.65. The maximum Gasteiger partial charge on any atom is 0.106 e. The van der Waals surface area contributed by atoms with Crippen molar-refractivity contribution in [2.75, 3.05) is 11.9 Å². The third kappa shape index (κ3) is 2.42. The number of benzene rings is 1. The van der Waals surface area contributed by atoms with Gasteiger partial charge in [-0.3, -0.25) is 4.98 Å². The number of nitrogens with two attached hydrogens (primary N) is 1. The van der Waals surface area contributed by atoms with E-state index < -0.39 is 0 Å². The van der Waals surface area contributed by atoms with Crippen LogP contribution in [0.2, 0.25) is 0 Å². The molecule has 0 amide bonds. The summed E-state index contributed by atoms with van der Waals surface area (Å²) in [7, 11) is 1.97. The van der Waals surface area contributed by atoms with Crippen LogP contribution in [0.3, 0.4) is 0 Å². The smallest absolute Gasteiger partial charge is 0.106 e. The van der Waals surface area contributed by atoms with Gasteiger partial charge in [-0.1, -0.05) is 30.4 Å². The summed E-state index contributed by atoms with van der Waals surface area (Å²) in [6, 6.07) is 11.8. The van der Waals surface area contributed by atoms with Gasteiger partial charge in [0.1, 0.15) is 4.99 Å². The van der Waals surface area contributed by atoms with E-state index in [1.54, 1.807) is 12.4 Å². The van der Waals surface area contributed by atoms with E-state index >= 15 is 0 Å². The predicted octanol–water partition coefficient (Wildman–Crippen LogP) is 2.48. The zero-order chi connectivity index (χ0) is 12.3. The Kier molecular flexibility index (Phi) is 3.35. The lowest BCUT2D eigenvalue weighted by Gasteiger charge is -2.21. The minimum atomic E-state index is 0.380. The van der Waals surface area contributed by atoms with E-state index in [-0.39, 0.29) is 0 Å². The number of thiocarbonyl (C=S) groups is 1. The number of pyridine rings is 1. The number of hydrogen-bond acceptors (Lipinski definition) is 3. The van der Waals surface area contributed by atoms with Gasteiger partial charge in [0.2, 0.25) is 0 Å². The Hall–Kier alpha value is -1.94. The number of rotatable bonds is 3. The third-order valence-electron chi connectivity index (χ3n) is 2.57. The highest BCUT2D eigenvalue weighted by Crippen LogP contribution is 2.25. The van der Waals surface area contributed by atoms with Crippen LogP contribution in [0.4, 0.5) is 11.4 Å². The normalized spacial score (nSPS) is 9.94. The van der Waals surface area contributed by atoms with Crippen molar-refractivity contribution in [1.29, 1.82) is 0 Å². The molecule has 0 aliphatic rings. The highest BCUT2D eigenvalue weighted by molar-refractivity contribution is 7.80. The van der Waals surface area contributed by atoms with E-state index in [0.717, 1.165) is 16.9 Å². The second kappa shape index (κ2) is 4.93. The average molecular weight is 243 g/mol. The Morgan fingerprint density at radius 1 is 1.24 bits per heavy atom. The van der Waals surface area contributed by atoms with Crippen LogP contribution in [0.15, 0.2) is 48.8 Å². The summed E-state index contributed by atoms with van der Waals surface area (Å²) < 4.78 is 0. The molecule has 0 aliphatic carbocycles. The van der Waals surface area contributed by atoms with Gasteiger partial charge in [0.05, 0.1) is 11.9 Å². The summed E-state index contributed by atoms with van der Waals surface area (Å²) >= 11 is 5.04. The van der Waals surface area contributed by atoms with Gasteiger partial charge in [-0.05, 0) is 18.2 Å². The molecule has 0 spiro atoms. The van der Waals surface area contributed by atoms with Crippen LogP contribution < -0.4 is 10.6 Å². The summed E-state index contributed by atoms with van der Waals surface area (Å²) in [5.41, 5.74) is 8.52. The largest absolute Gasteiger partial charge is 0.389 e. The van der Waals surface area contributed by atoms with Crippen molar-refractivity contribution >= 4 is 28.6 Å². The monoisotopic (exact) mass is 243 g/mol. The molecule has 17 heavy (non-hydrogen) atoms. The first kappa shape index (κ1) is 11.5. The molecule has 0 bridgehead atoms. The molecule has 0 unspecified atom stereocenters. The first-order chi connectivity index (χ1) is 8.20. The Bertz CT molecular complexity index is 525. The molecule has 0 radical (unpaired) electrons. The van der Waals surface area contributed by atoms with Crippen LogP contribution in [0.1, 0.15) is 5.56 Å². The molecule has 3 nitrogen and oxygen atoms in total. The van der Waals surface area contributed by atoms with Crippen LogP contribution in [-0.4, -0.2) is 17.0 Å². The minimum Gasteiger partial charge on any atom is -0.389 e. The molecule has 2 rings (SSSR count). The standard InChI is InChI=1S/C13H13N3S/c1-16(10-5-3-2-4-6-10)12-9-15-8-7-11(12)13(14)17/h2-9H,1H3,(H2,14,17). The van der Waals surface area contributed by atoms with Gasteiger partial charge in [0.25, 0.3) is 0 Å². The second-order valence-corrected chi connectivity index (χ2v) is 4.09. The quantitative estimate of drug-likeness (QED) is 0.841. The van der Waals surface area contributed by atoms with Gasteiger partial charge < -0.3 is 10.6 Å². The van der Waals surface area contributed by atoms with Crippen LogP contribution in [0.5, 0.6) is 0 Å². The fraction of sp³-hybridized carbons (Fsp3) is 0.0769. The third-order valence-corrected chi connectivity index (χ3v) is 2.79. The summed E-state index contributed by atoms with van der Waals surface area (Å²) in [5.74, 6) is 0. The van der Waals surface area contributed by atoms with Crippen molar-refractivity contribution in [2.45, 2.75) is 0 Å². The maximum absolute atomic E-state index is 5.71. The molecular weight excluding hydrogens is 230 g/mol. The zero-order valence-electron chi connectivity index (χ0n) is 9.50. The van der Waals surface area contributed by atoms with E-state index in [1.807, 2.05) is 48.3 Å². The lowest BCUT2D eigenvalue weighted by molar-refractivity contribution is 1.17. The van der Waals surface area contributed by atoms with Crippen molar-refractivity contribution in [3.05, 3.63) is 54.4 Å². The molecule has 86 valence electrons. The van der Waals surface area contributed by atoms with E-state index in [0.29, 0.717) is 4.99 Å². The molecule has 0 saturated carbocycles. The van der Waals surface area contributed by atoms with Gasteiger partial charge >= 0.3 is 0 Å². The first-order valence-electron chi connectivity index (χ1n) is 5.22. The van der Waals surface area contributed by atoms with Crippen molar-refractivity contribution in [3.63, 3.8) is 0 Å². The van der Waals surface area contributed by atoms with Gasteiger partial charge in [0.15, 0.2) is 0 Å². The van der Waals surface area contributed by atoms with E-state index in [2.05, 4.69) is 4.98 Å². The molecule has 0 saturated heterocycles. The summed E-state index contributed by atoms with van der Waals surface area (Å²) in [6.45, 7) is 0. The molecule has 2 N–H and O–H groups in total. The number of para-hydroxylation sites is 1. The van der Waals surface area contributed by atoms with Crippen LogP contribution in [0, 0.1) is 0 Å². The lowest BCUT2D eigenvalue weighted by Crippen LogP contribution is -2.17. The number of anilines is 2. The van der Waals surface area contributed by atoms with Gasteiger partial charge in [-0.2, -0.15) is 0 Å². The van der Waals surface area contributed by atoms with Crippen LogP contribution >= 0.6 is 12.2 Å². The predicted molar refractivity (Wildman–Crippen MR) is 74.6 cm³/mol. The summed E-state index contributed by atoms with van der Waals surface area (Å²) in [5, 5.41) is 0.